The van der Waals surface area contributed by atoms with Crippen LogP contribution in [0.1, 0.15) is 12.8 Å². The van der Waals surface area contributed by atoms with E-state index in [4.69, 9.17) is 22.1 Å². The maximum Gasteiger partial charge on any atom is 0.224 e. The highest BCUT2D eigenvalue weighted by Crippen LogP contribution is 2.28. The Morgan fingerprint density at radius 3 is 3.12 bits per heavy atom. The molecule has 2 rings (SSSR count). The van der Waals surface area contributed by atoms with E-state index in [0.29, 0.717) is 24.7 Å². The predicted molar refractivity (Wildman–Crippen MR) is 63.5 cm³/mol. The molecule has 3 N–H and O–H groups in total. The standard InChI is InChI=1S/C10H15ClN4O/c11-10-14-5-8(12)9(15-10)13-3-4-16-6-7-1-2-7/h5,7H,1-4,6,12H2,(H,13,14,15). The van der Waals surface area contributed by atoms with Crippen LogP contribution in [0.2, 0.25) is 5.28 Å². The first-order valence-corrected chi connectivity index (χ1v) is 5.73. The maximum absolute atomic E-state index is 5.68. The van der Waals surface area contributed by atoms with Gasteiger partial charge in [-0.2, -0.15) is 4.98 Å². The molecule has 5 nitrogen and oxygen atoms in total. The second-order valence-corrected chi connectivity index (χ2v) is 4.23. The number of hydrogen-bond acceptors (Lipinski definition) is 5. The Balaban J connectivity index is 1.69. The molecule has 88 valence electrons. The molecule has 0 unspecified atom stereocenters. The molecule has 6 heteroatoms. The third kappa shape index (κ3) is 3.50. The van der Waals surface area contributed by atoms with Crippen molar-refractivity contribution in [2.24, 2.45) is 5.92 Å². The van der Waals surface area contributed by atoms with Gasteiger partial charge in [-0.3, -0.25) is 0 Å². The molecule has 0 spiro atoms. The van der Waals surface area contributed by atoms with E-state index < -0.39 is 0 Å². The summed E-state index contributed by atoms with van der Waals surface area (Å²) in [7, 11) is 0. The summed E-state index contributed by atoms with van der Waals surface area (Å²) in [6.07, 6.45) is 4.10. The van der Waals surface area contributed by atoms with Gasteiger partial charge >= 0.3 is 0 Å². The molecule has 0 radical (unpaired) electrons. The second kappa shape index (κ2) is 5.32. The lowest BCUT2D eigenvalue weighted by molar-refractivity contribution is 0.134. The molecule has 0 atom stereocenters. The van der Waals surface area contributed by atoms with E-state index in [0.717, 1.165) is 12.5 Å². The van der Waals surface area contributed by atoms with Crippen molar-refractivity contribution in [3.8, 4) is 0 Å². The lowest BCUT2D eigenvalue weighted by Crippen LogP contribution is -2.13. The predicted octanol–water partition coefficient (Wildman–Crippen LogP) is 1.55. The summed E-state index contributed by atoms with van der Waals surface area (Å²) in [5.41, 5.74) is 6.17. The Morgan fingerprint density at radius 1 is 1.56 bits per heavy atom. The van der Waals surface area contributed by atoms with Crippen molar-refractivity contribution in [2.75, 3.05) is 30.8 Å². The first-order valence-electron chi connectivity index (χ1n) is 5.35. The lowest BCUT2D eigenvalue weighted by atomic mass is 10.4. The molecule has 1 aliphatic carbocycles. The third-order valence-electron chi connectivity index (χ3n) is 2.38. The first-order chi connectivity index (χ1) is 7.75. The summed E-state index contributed by atoms with van der Waals surface area (Å²) in [6, 6.07) is 0. The van der Waals surface area contributed by atoms with Crippen LogP contribution in [-0.4, -0.2) is 29.7 Å². The molecular formula is C10H15ClN4O. The van der Waals surface area contributed by atoms with Crippen molar-refractivity contribution >= 4 is 23.1 Å². The number of nitrogens with one attached hydrogen (secondary N) is 1. The molecule has 1 aromatic heterocycles. The number of nitrogens with zero attached hydrogens (tertiary/aromatic N) is 2. The maximum atomic E-state index is 5.68. The highest BCUT2D eigenvalue weighted by atomic mass is 35.5. The molecule has 0 aromatic carbocycles. The van der Waals surface area contributed by atoms with Gasteiger partial charge in [-0.15, -0.1) is 0 Å². The summed E-state index contributed by atoms with van der Waals surface area (Å²) < 4.78 is 5.47. The number of halogens is 1. The van der Waals surface area contributed by atoms with Crippen LogP contribution in [0.4, 0.5) is 11.5 Å². The van der Waals surface area contributed by atoms with Crippen molar-refractivity contribution in [2.45, 2.75) is 12.8 Å². The van der Waals surface area contributed by atoms with E-state index in [1.165, 1.54) is 19.0 Å². The summed E-state index contributed by atoms with van der Waals surface area (Å²) in [5, 5.41) is 3.25. The monoisotopic (exact) mass is 242 g/mol. The third-order valence-corrected chi connectivity index (χ3v) is 2.56. The number of hydrogen-bond donors (Lipinski definition) is 2. The average molecular weight is 243 g/mol. The molecule has 1 fully saturated rings. The molecule has 1 saturated carbocycles. The van der Waals surface area contributed by atoms with Crippen LogP contribution < -0.4 is 11.1 Å². The van der Waals surface area contributed by atoms with Gasteiger partial charge in [0.2, 0.25) is 5.28 Å². The van der Waals surface area contributed by atoms with Gasteiger partial charge in [0.15, 0.2) is 5.82 Å². The van der Waals surface area contributed by atoms with Gasteiger partial charge < -0.3 is 15.8 Å². The van der Waals surface area contributed by atoms with Crippen LogP contribution in [-0.2, 0) is 4.74 Å². The molecule has 0 aliphatic heterocycles. The van der Waals surface area contributed by atoms with E-state index in [-0.39, 0.29) is 5.28 Å². The van der Waals surface area contributed by atoms with Gasteiger partial charge in [0.1, 0.15) is 0 Å². The normalized spacial score (nSPS) is 15.1. The Bertz CT molecular complexity index is 357. The highest BCUT2D eigenvalue weighted by Gasteiger charge is 2.20. The number of nitrogen functional groups attached to an aromatic ring is 1. The van der Waals surface area contributed by atoms with Crippen LogP contribution in [0.25, 0.3) is 0 Å². The fraction of sp³-hybridized carbons (Fsp3) is 0.600. The van der Waals surface area contributed by atoms with Crippen LogP contribution in [0.15, 0.2) is 6.20 Å². The van der Waals surface area contributed by atoms with Crippen molar-refractivity contribution in [3.63, 3.8) is 0 Å². The number of rotatable bonds is 6. The van der Waals surface area contributed by atoms with E-state index in [2.05, 4.69) is 15.3 Å². The Morgan fingerprint density at radius 2 is 2.38 bits per heavy atom. The fourth-order valence-corrected chi connectivity index (χ4v) is 1.42. The van der Waals surface area contributed by atoms with Crippen molar-refractivity contribution in [1.29, 1.82) is 0 Å². The zero-order chi connectivity index (χ0) is 11.4. The molecule has 0 amide bonds. The molecule has 1 heterocycles. The van der Waals surface area contributed by atoms with Crippen molar-refractivity contribution < 1.29 is 4.74 Å². The zero-order valence-electron chi connectivity index (χ0n) is 8.95. The van der Waals surface area contributed by atoms with Gasteiger partial charge in [0.25, 0.3) is 0 Å². The molecule has 0 bridgehead atoms. The van der Waals surface area contributed by atoms with Crippen LogP contribution >= 0.6 is 11.6 Å². The smallest absolute Gasteiger partial charge is 0.224 e. The van der Waals surface area contributed by atoms with Crippen molar-refractivity contribution in [1.82, 2.24) is 9.97 Å². The van der Waals surface area contributed by atoms with Gasteiger partial charge in [-0.25, -0.2) is 4.98 Å². The van der Waals surface area contributed by atoms with E-state index >= 15 is 0 Å². The molecule has 1 aromatic rings. The van der Waals surface area contributed by atoms with Gasteiger partial charge in [-0.1, -0.05) is 0 Å². The topological polar surface area (TPSA) is 73.1 Å². The van der Waals surface area contributed by atoms with Crippen LogP contribution in [0.5, 0.6) is 0 Å². The van der Waals surface area contributed by atoms with E-state index in [1.54, 1.807) is 0 Å². The number of anilines is 2. The Hall–Kier alpha value is -1.07. The minimum Gasteiger partial charge on any atom is -0.394 e. The minimum atomic E-state index is 0.190. The Kier molecular flexibility index (Phi) is 3.79. The number of nitrogens with two attached hydrogens (primary N) is 1. The minimum absolute atomic E-state index is 0.190. The van der Waals surface area contributed by atoms with E-state index in [9.17, 15) is 0 Å². The average Bonchev–Trinajstić information content (AvgIpc) is 3.06. The quantitative estimate of drug-likeness (QED) is 0.585. The summed E-state index contributed by atoms with van der Waals surface area (Å²) in [4.78, 5) is 7.75. The summed E-state index contributed by atoms with van der Waals surface area (Å²) in [5.74, 6) is 1.36. The highest BCUT2D eigenvalue weighted by molar-refractivity contribution is 6.28. The summed E-state index contributed by atoms with van der Waals surface area (Å²) in [6.45, 7) is 2.18. The molecular weight excluding hydrogens is 228 g/mol. The summed E-state index contributed by atoms with van der Waals surface area (Å²) >= 11 is 5.66. The first kappa shape index (κ1) is 11.4. The Labute approximate surface area is 99.4 Å². The molecule has 16 heavy (non-hydrogen) atoms. The van der Waals surface area contributed by atoms with Gasteiger partial charge in [-0.05, 0) is 30.4 Å². The van der Waals surface area contributed by atoms with Crippen molar-refractivity contribution in [3.05, 3.63) is 11.5 Å². The van der Waals surface area contributed by atoms with Gasteiger partial charge in [0.05, 0.1) is 18.5 Å². The number of aromatic nitrogens is 2. The largest absolute Gasteiger partial charge is 0.394 e. The zero-order valence-corrected chi connectivity index (χ0v) is 9.70. The fourth-order valence-electron chi connectivity index (χ4n) is 1.29. The van der Waals surface area contributed by atoms with E-state index in [1.807, 2.05) is 0 Å². The number of ether oxygens (including phenoxy) is 1. The van der Waals surface area contributed by atoms with Gasteiger partial charge in [0, 0.05) is 13.2 Å². The van der Waals surface area contributed by atoms with Crippen LogP contribution in [0.3, 0.4) is 0 Å². The molecule has 1 aliphatic rings. The second-order valence-electron chi connectivity index (χ2n) is 3.89. The molecule has 0 saturated heterocycles. The SMILES string of the molecule is Nc1cnc(Cl)nc1NCCOCC1CC1. The van der Waals surface area contributed by atoms with Crippen LogP contribution in [0, 0.1) is 5.92 Å². The lowest BCUT2D eigenvalue weighted by Gasteiger charge is -2.08.